The molecule has 1 amide bonds. The Morgan fingerprint density at radius 1 is 1.17 bits per heavy atom. The summed E-state index contributed by atoms with van der Waals surface area (Å²) in [6.45, 7) is -0.424. The van der Waals surface area contributed by atoms with Gasteiger partial charge >= 0.3 is 5.97 Å². The zero-order valence-corrected chi connectivity index (χ0v) is 16.6. The molecule has 7 heteroatoms. The summed E-state index contributed by atoms with van der Waals surface area (Å²) in [6.07, 6.45) is 2.84. The van der Waals surface area contributed by atoms with Gasteiger partial charge < -0.3 is 14.8 Å². The number of rotatable bonds is 5. The molecule has 0 radical (unpaired) electrons. The Balaban J connectivity index is 1.46. The molecule has 0 saturated carbocycles. The van der Waals surface area contributed by atoms with Crippen LogP contribution in [0.1, 0.15) is 32.8 Å². The molecule has 1 heterocycles. The fourth-order valence-corrected chi connectivity index (χ4v) is 4.87. The third-order valence-electron chi connectivity index (χ3n) is 4.94. The van der Waals surface area contributed by atoms with E-state index >= 15 is 0 Å². The van der Waals surface area contributed by atoms with Gasteiger partial charge in [0.1, 0.15) is 16.8 Å². The number of aryl methyl sites for hydroxylation is 1. The van der Waals surface area contributed by atoms with Gasteiger partial charge in [0.05, 0.1) is 18.2 Å². The van der Waals surface area contributed by atoms with Crippen LogP contribution in [0.2, 0.25) is 0 Å². The van der Waals surface area contributed by atoms with Crippen LogP contribution in [0.3, 0.4) is 0 Å². The minimum absolute atomic E-state index is 0.363. The SMILES string of the molecule is COc1ccc(C(=O)OCC(=O)Nc2sc3c(c2C#N)CCC3)c2ccccc12. The summed E-state index contributed by atoms with van der Waals surface area (Å²) in [6, 6.07) is 12.9. The van der Waals surface area contributed by atoms with E-state index in [1.54, 1.807) is 25.3 Å². The minimum atomic E-state index is -0.590. The third kappa shape index (κ3) is 3.55. The number of carbonyl (C=O) groups excluding carboxylic acids is 2. The first-order chi connectivity index (χ1) is 14.1. The molecule has 1 aromatic heterocycles. The number of benzene rings is 2. The van der Waals surface area contributed by atoms with Crippen LogP contribution in [-0.4, -0.2) is 25.6 Å². The number of esters is 1. The summed E-state index contributed by atoms with van der Waals surface area (Å²) < 4.78 is 10.6. The lowest BCUT2D eigenvalue weighted by atomic mass is 10.0. The van der Waals surface area contributed by atoms with Gasteiger partial charge in [0, 0.05) is 10.3 Å². The summed E-state index contributed by atoms with van der Waals surface area (Å²) in [5.41, 5.74) is 1.93. The molecule has 1 aliphatic carbocycles. The van der Waals surface area contributed by atoms with E-state index < -0.39 is 18.5 Å². The molecule has 3 aromatic rings. The zero-order valence-electron chi connectivity index (χ0n) is 15.8. The molecule has 29 heavy (non-hydrogen) atoms. The molecular formula is C22H18N2O4S. The average Bonchev–Trinajstić information content (AvgIpc) is 3.31. The van der Waals surface area contributed by atoms with Crippen LogP contribution in [-0.2, 0) is 22.4 Å². The highest BCUT2D eigenvalue weighted by Gasteiger charge is 2.23. The Morgan fingerprint density at radius 2 is 1.97 bits per heavy atom. The maximum Gasteiger partial charge on any atom is 0.339 e. The van der Waals surface area contributed by atoms with Gasteiger partial charge in [-0.2, -0.15) is 5.26 Å². The normalized spacial score (nSPS) is 12.3. The first-order valence-electron chi connectivity index (χ1n) is 9.19. The van der Waals surface area contributed by atoms with E-state index in [0.29, 0.717) is 27.3 Å². The van der Waals surface area contributed by atoms with Crippen molar-refractivity contribution in [2.45, 2.75) is 19.3 Å². The first kappa shape index (κ1) is 19.0. The average molecular weight is 406 g/mol. The van der Waals surface area contributed by atoms with Crippen LogP contribution < -0.4 is 10.1 Å². The summed E-state index contributed by atoms with van der Waals surface area (Å²) in [5.74, 6) is -0.398. The molecule has 0 unspecified atom stereocenters. The highest BCUT2D eigenvalue weighted by atomic mass is 32.1. The number of thiophene rings is 1. The van der Waals surface area contributed by atoms with Crippen molar-refractivity contribution in [2.75, 3.05) is 19.0 Å². The molecule has 2 aromatic carbocycles. The maximum absolute atomic E-state index is 12.6. The molecule has 6 nitrogen and oxygen atoms in total. The largest absolute Gasteiger partial charge is 0.496 e. The minimum Gasteiger partial charge on any atom is -0.496 e. The maximum atomic E-state index is 12.6. The van der Waals surface area contributed by atoms with Crippen LogP contribution in [0.5, 0.6) is 5.75 Å². The molecule has 0 fully saturated rings. The van der Waals surface area contributed by atoms with Crippen molar-refractivity contribution in [1.29, 1.82) is 5.26 Å². The summed E-state index contributed by atoms with van der Waals surface area (Å²) in [7, 11) is 1.57. The number of amides is 1. The Labute approximate surface area is 171 Å². The topological polar surface area (TPSA) is 88.4 Å². The second-order valence-corrected chi connectivity index (χ2v) is 7.76. The van der Waals surface area contributed by atoms with Crippen LogP contribution >= 0.6 is 11.3 Å². The lowest BCUT2D eigenvalue weighted by Crippen LogP contribution is -2.21. The third-order valence-corrected chi connectivity index (χ3v) is 6.15. The van der Waals surface area contributed by atoms with Gasteiger partial charge in [-0.25, -0.2) is 4.79 Å². The number of carbonyl (C=O) groups is 2. The van der Waals surface area contributed by atoms with Crippen molar-refractivity contribution in [3.05, 3.63) is 58.0 Å². The number of hydrogen-bond donors (Lipinski definition) is 1. The highest BCUT2D eigenvalue weighted by molar-refractivity contribution is 7.16. The Bertz CT molecular complexity index is 1160. The van der Waals surface area contributed by atoms with Crippen molar-refractivity contribution in [2.24, 2.45) is 0 Å². The fraction of sp³-hybridized carbons (Fsp3) is 0.227. The van der Waals surface area contributed by atoms with Crippen LogP contribution in [0.4, 0.5) is 5.00 Å². The number of nitrogens with zero attached hydrogens (tertiary/aromatic N) is 1. The first-order valence-corrected chi connectivity index (χ1v) is 10.0. The summed E-state index contributed by atoms with van der Waals surface area (Å²) >= 11 is 1.43. The molecule has 0 aliphatic heterocycles. The highest BCUT2D eigenvalue weighted by Crippen LogP contribution is 2.38. The van der Waals surface area contributed by atoms with Gasteiger partial charge in [-0.05, 0) is 42.3 Å². The standard InChI is InChI=1S/C22H18N2O4S/c1-27-18-10-9-16(13-5-2-3-6-14(13)18)22(26)28-12-20(25)24-21-17(11-23)15-7-4-8-19(15)29-21/h2-3,5-6,9-10H,4,7-8,12H2,1H3,(H,24,25). The van der Waals surface area contributed by atoms with Gasteiger partial charge in [0.2, 0.25) is 0 Å². The number of hydrogen-bond acceptors (Lipinski definition) is 6. The molecule has 0 bridgehead atoms. The Kier molecular flexibility index (Phi) is 5.19. The van der Waals surface area contributed by atoms with Crippen molar-refractivity contribution in [3.8, 4) is 11.8 Å². The molecule has 1 N–H and O–H groups in total. The lowest BCUT2D eigenvalue weighted by Gasteiger charge is -2.10. The number of fused-ring (bicyclic) bond motifs is 2. The molecule has 4 rings (SSSR count). The molecule has 0 saturated heterocycles. The lowest BCUT2D eigenvalue weighted by molar-refractivity contribution is -0.119. The van der Waals surface area contributed by atoms with Crippen LogP contribution in [0.15, 0.2) is 36.4 Å². The van der Waals surface area contributed by atoms with Crippen LogP contribution in [0.25, 0.3) is 10.8 Å². The van der Waals surface area contributed by atoms with E-state index in [1.165, 1.54) is 11.3 Å². The number of nitriles is 1. The van der Waals surface area contributed by atoms with E-state index in [-0.39, 0.29) is 0 Å². The van der Waals surface area contributed by atoms with Gasteiger partial charge in [0.25, 0.3) is 5.91 Å². The number of anilines is 1. The predicted octanol–water partition coefficient (Wildman–Crippen LogP) is 4.07. The van der Waals surface area contributed by atoms with E-state index in [4.69, 9.17) is 9.47 Å². The quantitative estimate of drug-likeness (QED) is 0.646. The summed E-state index contributed by atoms with van der Waals surface area (Å²) in [5, 5.41) is 14.1. The van der Waals surface area contributed by atoms with E-state index in [1.807, 2.05) is 18.2 Å². The second kappa shape index (κ2) is 7.94. The van der Waals surface area contributed by atoms with Gasteiger partial charge in [-0.15, -0.1) is 11.3 Å². The van der Waals surface area contributed by atoms with Crippen molar-refractivity contribution < 1.29 is 19.1 Å². The molecule has 146 valence electrons. The molecule has 0 spiro atoms. The monoisotopic (exact) mass is 406 g/mol. The van der Waals surface area contributed by atoms with Crippen molar-refractivity contribution in [3.63, 3.8) is 0 Å². The Morgan fingerprint density at radius 3 is 2.72 bits per heavy atom. The second-order valence-electron chi connectivity index (χ2n) is 6.66. The van der Waals surface area contributed by atoms with Gasteiger partial charge in [-0.1, -0.05) is 24.3 Å². The number of methoxy groups -OCH3 is 1. The van der Waals surface area contributed by atoms with Gasteiger partial charge in [-0.3, -0.25) is 4.79 Å². The summed E-state index contributed by atoms with van der Waals surface area (Å²) in [4.78, 5) is 26.0. The molecule has 0 atom stereocenters. The smallest absolute Gasteiger partial charge is 0.339 e. The van der Waals surface area contributed by atoms with Crippen molar-refractivity contribution in [1.82, 2.24) is 0 Å². The van der Waals surface area contributed by atoms with Crippen LogP contribution in [0, 0.1) is 11.3 Å². The zero-order chi connectivity index (χ0) is 20.4. The van der Waals surface area contributed by atoms with E-state index in [9.17, 15) is 14.9 Å². The fourth-order valence-electron chi connectivity index (χ4n) is 3.61. The number of nitrogens with one attached hydrogen (secondary N) is 1. The van der Waals surface area contributed by atoms with E-state index in [2.05, 4.69) is 11.4 Å². The van der Waals surface area contributed by atoms with Gasteiger partial charge in [0.15, 0.2) is 6.61 Å². The van der Waals surface area contributed by atoms with Crippen molar-refractivity contribution >= 4 is 39.0 Å². The molecular weight excluding hydrogens is 388 g/mol. The predicted molar refractivity (Wildman–Crippen MR) is 110 cm³/mol. The number of ether oxygens (including phenoxy) is 2. The molecule has 1 aliphatic rings. The van der Waals surface area contributed by atoms with E-state index in [0.717, 1.165) is 35.1 Å². The Hall–Kier alpha value is -3.37.